The fourth-order valence-electron chi connectivity index (χ4n) is 2.55. The van der Waals surface area contributed by atoms with Crippen molar-refractivity contribution in [1.29, 1.82) is 0 Å². The summed E-state index contributed by atoms with van der Waals surface area (Å²) in [6.45, 7) is 6.01. The minimum absolute atomic E-state index is 0.996. The molecule has 1 rings (SSSR count). The van der Waals surface area contributed by atoms with E-state index >= 15 is 0 Å². The Hall–Kier alpha value is 0.780. The molecule has 0 spiro atoms. The van der Waals surface area contributed by atoms with E-state index in [-0.39, 0.29) is 0 Å². The molecule has 0 aromatic carbocycles. The Morgan fingerprint density at radius 3 is 1.73 bits per heavy atom. The molecule has 0 amide bonds. The molecule has 0 bridgehead atoms. The zero-order chi connectivity index (χ0) is 8.48. The van der Waals surface area contributed by atoms with Crippen LogP contribution >= 0.6 is 18.7 Å². The molecule has 0 radical (unpaired) electrons. The van der Waals surface area contributed by atoms with E-state index in [1.165, 1.54) is 25.7 Å². The first-order chi connectivity index (χ1) is 5.12. The van der Waals surface area contributed by atoms with Crippen LogP contribution in [0.3, 0.4) is 0 Å². The second-order valence-electron chi connectivity index (χ2n) is 4.01. The van der Waals surface area contributed by atoms with Crippen molar-refractivity contribution in [1.82, 2.24) is 0 Å². The Balaban J connectivity index is 2.64. The van der Waals surface area contributed by atoms with E-state index in [1.807, 2.05) is 0 Å². The molecule has 1 saturated heterocycles. The summed E-state index contributed by atoms with van der Waals surface area (Å²) in [6, 6.07) is 0. The molecule has 1 fully saturated rings. The van der Waals surface area contributed by atoms with E-state index < -0.39 is 6.46 Å². The molecule has 1 aliphatic rings. The third-order valence-corrected chi connectivity index (χ3v) is 10.4. The average molecular weight is 192 g/mol. The third-order valence-electron chi connectivity index (χ3n) is 3.50. The van der Waals surface area contributed by atoms with Crippen molar-refractivity contribution in [2.75, 3.05) is 6.66 Å². The summed E-state index contributed by atoms with van der Waals surface area (Å²) in [7, 11) is 0. The van der Waals surface area contributed by atoms with Crippen molar-refractivity contribution in [3.8, 4) is 0 Å². The Labute approximate surface area is 76.6 Å². The maximum absolute atomic E-state index is 4.94. The standard InChI is InChI=1S/C9H21PS/c1-4-8-6-7-9(5-2)10(8,3)11/h8-11H,4-7H2,1-3H3/t8-,9-/m1/s1. The molecule has 0 nitrogen and oxygen atoms in total. The molecule has 0 aliphatic carbocycles. The Bertz CT molecular complexity index is 120. The van der Waals surface area contributed by atoms with Crippen LogP contribution in [0.25, 0.3) is 0 Å². The van der Waals surface area contributed by atoms with Crippen molar-refractivity contribution in [3.05, 3.63) is 0 Å². The van der Waals surface area contributed by atoms with E-state index in [1.54, 1.807) is 0 Å². The van der Waals surface area contributed by atoms with Gasteiger partial charge in [-0.15, -0.1) is 0 Å². The van der Waals surface area contributed by atoms with Gasteiger partial charge in [0.05, 0.1) is 0 Å². The molecule has 1 aliphatic heterocycles. The molecule has 2 heteroatoms. The van der Waals surface area contributed by atoms with Gasteiger partial charge in [-0.2, -0.15) is 0 Å². The molecule has 2 atom stereocenters. The molecular weight excluding hydrogens is 171 g/mol. The van der Waals surface area contributed by atoms with Gasteiger partial charge in [-0.1, -0.05) is 0 Å². The molecule has 0 unspecified atom stereocenters. The Morgan fingerprint density at radius 2 is 1.55 bits per heavy atom. The molecule has 68 valence electrons. The topological polar surface area (TPSA) is 0 Å². The molecule has 1 heterocycles. The molecular formula is C9H21PS. The summed E-state index contributed by atoms with van der Waals surface area (Å²) in [5, 5.41) is 0. The predicted octanol–water partition coefficient (Wildman–Crippen LogP) is 3.56. The molecule has 0 saturated carbocycles. The fourth-order valence-corrected chi connectivity index (χ4v) is 8.25. The Kier molecular flexibility index (Phi) is 3.28. The van der Waals surface area contributed by atoms with Crippen LogP contribution in [0.5, 0.6) is 0 Å². The van der Waals surface area contributed by atoms with Crippen LogP contribution in [0.1, 0.15) is 39.5 Å². The summed E-state index contributed by atoms with van der Waals surface area (Å²) < 4.78 is 0. The van der Waals surface area contributed by atoms with Gasteiger partial charge < -0.3 is 0 Å². The van der Waals surface area contributed by atoms with Crippen molar-refractivity contribution < 1.29 is 0 Å². The first-order valence-electron chi connectivity index (χ1n) is 4.85. The van der Waals surface area contributed by atoms with Gasteiger partial charge in [-0.3, -0.25) is 0 Å². The molecule has 0 aromatic heterocycles. The van der Waals surface area contributed by atoms with E-state index in [0.29, 0.717) is 0 Å². The van der Waals surface area contributed by atoms with E-state index in [0.717, 1.165) is 11.3 Å². The van der Waals surface area contributed by atoms with Gasteiger partial charge in [0.15, 0.2) is 0 Å². The van der Waals surface area contributed by atoms with E-state index in [4.69, 9.17) is 12.2 Å². The van der Waals surface area contributed by atoms with Gasteiger partial charge in [0.2, 0.25) is 0 Å². The summed E-state index contributed by atoms with van der Waals surface area (Å²) in [6.07, 6.45) is 5.65. The first kappa shape index (κ1) is 9.86. The van der Waals surface area contributed by atoms with Crippen LogP contribution in [0.2, 0.25) is 0 Å². The van der Waals surface area contributed by atoms with Gasteiger partial charge in [-0.05, 0) is 0 Å². The number of rotatable bonds is 2. The van der Waals surface area contributed by atoms with Crippen LogP contribution in [0.4, 0.5) is 0 Å². The maximum atomic E-state index is 4.94. The van der Waals surface area contributed by atoms with Crippen LogP contribution in [0, 0.1) is 0 Å². The van der Waals surface area contributed by atoms with Crippen molar-refractivity contribution in [2.24, 2.45) is 0 Å². The SMILES string of the molecule is CC[C@@H]1CC[C@@H](CC)[PH]1(C)S. The van der Waals surface area contributed by atoms with E-state index in [2.05, 4.69) is 20.5 Å². The third kappa shape index (κ3) is 1.75. The van der Waals surface area contributed by atoms with Crippen molar-refractivity contribution in [2.45, 2.75) is 50.8 Å². The summed E-state index contributed by atoms with van der Waals surface area (Å²) in [5.74, 6) is 0. The van der Waals surface area contributed by atoms with Gasteiger partial charge in [0.1, 0.15) is 0 Å². The summed E-state index contributed by atoms with van der Waals surface area (Å²) in [4.78, 5) is 0. The summed E-state index contributed by atoms with van der Waals surface area (Å²) >= 11 is 4.94. The van der Waals surface area contributed by atoms with Crippen LogP contribution in [-0.4, -0.2) is 18.0 Å². The zero-order valence-corrected chi connectivity index (χ0v) is 9.82. The number of thiol groups is 1. The normalized spacial score (nSPS) is 38.9. The predicted molar refractivity (Wildman–Crippen MR) is 60.6 cm³/mol. The second-order valence-corrected chi connectivity index (χ2v) is 11.0. The number of hydrogen-bond acceptors (Lipinski definition) is 1. The first-order valence-corrected chi connectivity index (χ1v) is 8.79. The van der Waals surface area contributed by atoms with Gasteiger partial charge in [0, 0.05) is 0 Å². The van der Waals surface area contributed by atoms with Crippen LogP contribution in [-0.2, 0) is 0 Å². The molecule has 11 heavy (non-hydrogen) atoms. The molecule has 0 aromatic rings. The minimum atomic E-state index is -1.10. The van der Waals surface area contributed by atoms with Gasteiger partial charge in [0.25, 0.3) is 0 Å². The van der Waals surface area contributed by atoms with Crippen molar-refractivity contribution in [3.63, 3.8) is 0 Å². The Morgan fingerprint density at radius 1 is 1.18 bits per heavy atom. The summed E-state index contributed by atoms with van der Waals surface area (Å²) in [5.41, 5.74) is 1.99. The second kappa shape index (κ2) is 3.66. The van der Waals surface area contributed by atoms with Crippen LogP contribution < -0.4 is 0 Å². The van der Waals surface area contributed by atoms with E-state index in [9.17, 15) is 0 Å². The monoisotopic (exact) mass is 192 g/mol. The zero-order valence-electron chi connectivity index (χ0n) is 7.93. The van der Waals surface area contributed by atoms with Gasteiger partial charge >= 0.3 is 76.2 Å². The molecule has 0 N–H and O–H groups in total. The van der Waals surface area contributed by atoms with Crippen LogP contribution in [0.15, 0.2) is 0 Å². The van der Waals surface area contributed by atoms with Crippen molar-refractivity contribution >= 4 is 18.7 Å². The number of hydrogen-bond donors (Lipinski definition) is 1. The quantitative estimate of drug-likeness (QED) is 0.502. The van der Waals surface area contributed by atoms with Gasteiger partial charge in [-0.25, -0.2) is 0 Å². The average Bonchev–Trinajstić information content (AvgIpc) is 2.24. The fraction of sp³-hybridized carbons (Fsp3) is 1.00.